The number of hydrogen-bond donors (Lipinski definition) is 2. The van der Waals surface area contributed by atoms with Crippen molar-refractivity contribution in [3.63, 3.8) is 0 Å². The maximum Gasteiger partial charge on any atom is 0.321 e. The van der Waals surface area contributed by atoms with E-state index in [9.17, 15) is 9.59 Å². The van der Waals surface area contributed by atoms with E-state index in [-0.39, 0.29) is 18.0 Å². The van der Waals surface area contributed by atoms with Gasteiger partial charge in [0.1, 0.15) is 0 Å². The first-order valence-corrected chi connectivity index (χ1v) is 4.76. The first-order valence-electron chi connectivity index (χ1n) is 4.76. The minimum atomic E-state index is -0.362. The van der Waals surface area contributed by atoms with Crippen molar-refractivity contribution in [2.45, 2.75) is 45.1 Å². The maximum atomic E-state index is 11.1. The Morgan fingerprint density at radius 1 is 1.15 bits per heavy atom. The van der Waals surface area contributed by atoms with E-state index in [0.717, 1.165) is 12.8 Å². The molecule has 0 radical (unpaired) electrons. The average molecular weight is 184 g/mol. The molecule has 1 fully saturated rings. The van der Waals surface area contributed by atoms with Crippen LogP contribution in [0.4, 0.5) is 4.79 Å². The van der Waals surface area contributed by atoms with Crippen molar-refractivity contribution >= 4 is 11.9 Å². The van der Waals surface area contributed by atoms with Crippen LogP contribution in [0, 0.1) is 0 Å². The lowest BCUT2D eigenvalue weighted by Gasteiger charge is -2.22. The number of imide groups is 1. The molecular weight excluding hydrogens is 168 g/mol. The molecule has 0 bridgehead atoms. The van der Waals surface area contributed by atoms with Crippen LogP contribution in [0.1, 0.15) is 39.0 Å². The van der Waals surface area contributed by atoms with E-state index in [1.54, 1.807) is 0 Å². The van der Waals surface area contributed by atoms with Gasteiger partial charge < -0.3 is 5.32 Å². The van der Waals surface area contributed by atoms with E-state index >= 15 is 0 Å². The molecular formula is C9H16N2O2. The SMILES string of the molecule is CC(=O)NC(=O)NC1CCCCC1. The summed E-state index contributed by atoms with van der Waals surface area (Å²) in [7, 11) is 0. The monoisotopic (exact) mass is 184 g/mol. The zero-order valence-electron chi connectivity index (χ0n) is 7.93. The van der Waals surface area contributed by atoms with E-state index in [1.165, 1.54) is 26.2 Å². The van der Waals surface area contributed by atoms with Crippen LogP contribution in [-0.2, 0) is 4.79 Å². The Kier molecular flexibility index (Phi) is 3.73. The fourth-order valence-corrected chi connectivity index (χ4v) is 1.63. The van der Waals surface area contributed by atoms with Crippen LogP contribution in [-0.4, -0.2) is 18.0 Å². The summed E-state index contributed by atoms with van der Waals surface area (Å²) in [4.78, 5) is 21.6. The van der Waals surface area contributed by atoms with Gasteiger partial charge >= 0.3 is 6.03 Å². The summed E-state index contributed by atoms with van der Waals surface area (Å²) in [5.41, 5.74) is 0. The maximum absolute atomic E-state index is 11.1. The largest absolute Gasteiger partial charge is 0.335 e. The summed E-state index contributed by atoms with van der Waals surface area (Å²) in [5.74, 6) is -0.312. The van der Waals surface area contributed by atoms with Gasteiger partial charge in [-0.2, -0.15) is 0 Å². The van der Waals surface area contributed by atoms with E-state index in [0.29, 0.717) is 0 Å². The molecule has 1 aliphatic rings. The van der Waals surface area contributed by atoms with Crippen LogP contribution >= 0.6 is 0 Å². The molecule has 4 heteroatoms. The summed E-state index contributed by atoms with van der Waals surface area (Å²) in [6.45, 7) is 1.33. The van der Waals surface area contributed by atoms with Crippen LogP contribution in [0.3, 0.4) is 0 Å². The normalized spacial score (nSPS) is 17.9. The topological polar surface area (TPSA) is 58.2 Å². The quantitative estimate of drug-likeness (QED) is 0.642. The number of urea groups is 1. The first-order chi connectivity index (χ1) is 6.18. The zero-order chi connectivity index (χ0) is 9.68. The lowest BCUT2D eigenvalue weighted by molar-refractivity contribution is -0.117. The lowest BCUT2D eigenvalue weighted by Crippen LogP contribution is -2.44. The van der Waals surface area contributed by atoms with Crippen molar-refractivity contribution in [1.82, 2.24) is 10.6 Å². The minimum Gasteiger partial charge on any atom is -0.335 e. The molecule has 0 atom stereocenters. The molecule has 1 rings (SSSR count). The van der Waals surface area contributed by atoms with Gasteiger partial charge in [-0.1, -0.05) is 19.3 Å². The van der Waals surface area contributed by atoms with Gasteiger partial charge in [0.05, 0.1) is 0 Å². The summed E-state index contributed by atoms with van der Waals surface area (Å²) in [6, 6.07) is -0.104. The summed E-state index contributed by atoms with van der Waals surface area (Å²) in [5, 5.41) is 4.98. The van der Waals surface area contributed by atoms with Gasteiger partial charge in [0, 0.05) is 13.0 Å². The Morgan fingerprint density at radius 3 is 2.31 bits per heavy atom. The van der Waals surface area contributed by atoms with Crippen LogP contribution < -0.4 is 10.6 Å². The van der Waals surface area contributed by atoms with E-state index in [1.807, 2.05) is 0 Å². The van der Waals surface area contributed by atoms with Crippen molar-refractivity contribution in [3.8, 4) is 0 Å². The number of hydrogen-bond acceptors (Lipinski definition) is 2. The standard InChI is InChI=1S/C9H16N2O2/c1-7(12)10-9(13)11-8-5-3-2-4-6-8/h8H,2-6H2,1H3,(H2,10,11,12,13). The minimum absolute atomic E-state index is 0.257. The second-order valence-electron chi connectivity index (χ2n) is 3.49. The third-order valence-electron chi connectivity index (χ3n) is 2.23. The molecule has 3 amide bonds. The lowest BCUT2D eigenvalue weighted by atomic mass is 9.96. The number of carbonyl (C=O) groups is 2. The van der Waals surface area contributed by atoms with Crippen molar-refractivity contribution in [2.24, 2.45) is 0 Å². The number of rotatable bonds is 1. The van der Waals surface area contributed by atoms with Crippen molar-refractivity contribution in [2.75, 3.05) is 0 Å². The van der Waals surface area contributed by atoms with Crippen LogP contribution in [0.5, 0.6) is 0 Å². The summed E-state index contributed by atoms with van der Waals surface area (Å²) in [6.07, 6.45) is 5.67. The second kappa shape index (κ2) is 4.84. The van der Waals surface area contributed by atoms with Gasteiger partial charge in [-0.3, -0.25) is 10.1 Å². The molecule has 0 unspecified atom stereocenters. The molecule has 0 spiro atoms. The molecule has 1 aliphatic carbocycles. The van der Waals surface area contributed by atoms with Gasteiger partial charge in [0.2, 0.25) is 5.91 Å². The van der Waals surface area contributed by atoms with Crippen LogP contribution in [0.2, 0.25) is 0 Å². The molecule has 0 saturated heterocycles. The Bertz CT molecular complexity index is 198. The molecule has 13 heavy (non-hydrogen) atoms. The molecule has 0 aromatic heterocycles. The molecule has 2 N–H and O–H groups in total. The Labute approximate surface area is 78.1 Å². The molecule has 0 aliphatic heterocycles. The van der Waals surface area contributed by atoms with E-state index < -0.39 is 0 Å². The molecule has 0 aromatic carbocycles. The fourth-order valence-electron chi connectivity index (χ4n) is 1.63. The molecule has 74 valence electrons. The highest BCUT2D eigenvalue weighted by Gasteiger charge is 2.15. The summed E-state index contributed by atoms with van der Waals surface area (Å²) >= 11 is 0. The van der Waals surface area contributed by atoms with Gasteiger partial charge in [0.25, 0.3) is 0 Å². The summed E-state index contributed by atoms with van der Waals surface area (Å²) < 4.78 is 0. The van der Waals surface area contributed by atoms with Crippen molar-refractivity contribution in [3.05, 3.63) is 0 Å². The third-order valence-corrected chi connectivity index (χ3v) is 2.23. The Balaban J connectivity index is 2.22. The Morgan fingerprint density at radius 2 is 1.77 bits per heavy atom. The average Bonchev–Trinajstić information content (AvgIpc) is 2.04. The van der Waals surface area contributed by atoms with Gasteiger partial charge in [-0.25, -0.2) is 4.79 Å². The van der Waals surface area contributed by atoms with Gasteiger partial charge in [-0.15, -0.1) is 0 Å². The fraction of sp³-hybridized carbons (Fsp3) is 0.778. The van der Waals surface area contributed by atoms with Crippen molar-refractivity contribution in [1.29, 1.82) is 0 Å². The Hall–Kier alpha value is -1.06. The highest BCUT2D eigenvalue weighted by atomic mass is 16.2. The van der Waals surface area contributed by atoms with E-state index in [4.69, 9.17) is 0 Å². The van der Waals surface area contributed by atoms with Gasteiger partial charge in [-0.05, 0) is 12.8 Å². The van der Waals surface area contributed by atoms with Crippen LogP contribution in [0.15, 0.2) is 0 Å². The number of carbonyl (C=O) groups excluding carboxylic acids is 2. The molecule has 1 saturated carbocycles. The highest BCUT2D eigenvalue weighted by molar-refractivity contribution is 5.93. The highest BCUT2D eigenvalue weighted by Crippen LogP contribution is 2.16. The second-order valence-corrected chi connectivity index (χ2v) is 3.49. The van der Waals surface area contributed by atoms with E-state index in [2.05, 4.69) is 10.6 Å². The predicted molar refractivity (Wildman–Crippen MR) is 49.2 cm³/mol. The van der Waals surface area contributed by atoms with Crippen molar-refractivity contribution < 1.29 is 9.59 Å². The first kappa shape index (κ1) is 10.0. The zero-order valence-corrected chi connectivity index (χ0v) is 7.93. The van der Waals surface area contributed by atoms with Gasteiger partial charge in [0.15, 0.2) is 0 Å². The smallest absolute Gasteiger partial charge is 0.321 e. The third kappa shape index (κ3) is 3.92. The molecule has 4 nitrogen and oxygen atoms in total. The van der Waals surface area contributed by atoms with Crippen LogP contribution in [0.25, 0.3) is 0 Å². The molecule has 0 aromatic rings. The predicted octanol–water partition coefficient (Wildman–Crippen LogP) is 1.16. The molecule has 0 heterocycles. The number of amides is 3. The number of nitrogens with one attached hydrogen (secondary N) is 2.